The predicted octanol–water partition coefficient (Wildman–Crippen LogP) is 1.51. The van der Waals surface area contributed by atoms with Gasteiger partial charge in [0, 0.05) is 25.2 Å². The molecule has 0 aromatic carbocycles. The van der Waals surface area contributed by atoms with Crippen LogP contribution in [-0.4, -0.2) is 40.8 Å². The van der Waals surface area contributed by atoms with E-state index in [1.807, 2.05) is 13.0 Å². The summed E-state index contributed by atoms with van der Waals surface area (Å²) in [4.78, 5) is 10.8. The van der Waals surface area contributed by atoms with Crippen molar-refractivity contribution in [2.24, 2.45) is 5.92 Å². The van der Waals surface area contributed by atoms with E-state index >= 15 is 0 Å². The van der Waals surface area contributed by atoms with Crippen LogP contribution >= 0.6 is 0 Å². The van der Waals surface area contributed by atoms with Gasteiger partial charge in [-0.05, 0) is 25.7 Å². The average molecular weight is 250 g/mol. The molecule has 1 aromatic rings. The monoisotopic (exact) mass is 250 g/mol. The van der Waals surface area contributed by atoms with Crippen LogP contribution in [0.4, 0.5) is 11.6 Å². The lowest BCUT2D eigenvalue weighted by molar-refractivity contribution is 0.281. The second-order valence-electron chi connectivity index (χ2n) is 5.18. The summed E-state index contributed by atoms with van der Waals surface area (Å²) in [6.07, 6.45) is 4.11. The van der Waals surface area contributed by atoms with E-state index in [1.54, 1.807) is 6.33 Å². The van der Waals surface area contributed by atoms with Crippen molar-refractivity contribution >= 4 is 11.6 Å². The Hall–Kier alpha value is -1.36. The van der Waals surface area contributed by atoms with E-state index in [-0.39, 0.29) is 12.6 Å². The Labute approximate surface area is 108 Å². The van der Waals surface area contributed by atoms with Crippen molar-refractivity contribution in [3.63, 3.8) is 0 Å². The molecule has 2 N–H and O–H groups in total. The predicted molar refractivity (Wildman–Crippen MR) is 72.8 cm³/mol. The Morgan fingerprint density at radius 1 is 1.56 bits per heavy atom. The van der Waals surface area contributed by atoms with Crippen LogP contribution in [0.15, 0.2) is 12.4 Å². The molecule has 2 heterocycles. The van der Waals surface area contributed by atoms with Crippen LogP contribution in [0.2, 0.25) is 0 Å². The van der Waals surface area contributed by atoms with Gasteiger partial charge in [0.15, 0.2) is 0 Å². The largest absolute Gasteiger partial charge is 0.394 e. The second-order valence-corrected chi connectivity index (χ2v) is 5.18. The Morgan fingerprint density at radius 3 is 3.11 bits per heavy atom. The van der Waals surface area contributed by atoms with E-state index in [9.17, 15) is 0 Å². The van der Waals surface area contributed by atoms with Gasteiger partial charge in [0.25, 0.3) is 0 Å². The molecule has 0 unspecified atom stereocenters. The van der Waals surface area contributed by atoms with Crippen molar-refractivity contribution in [1.82, 2.24) is 9.97 Å². The maximum Gasteiger partial charge on any atom is 0.134 e. The van der Waals surface area contributed by atoms with Crippen LogP contribution in [0.25, 0.3) is 0 Å². The third-order valence-electron chi connectivity index (χ3n) is 3.30. The number of anilines is 2. The molecule has 1 aliphatic rings. The van der Waals surface area contributed by atoms with Crippen LogP contribution in [0.5, 0.6) is 0 Å². The summed E-state index contributed by atoms with van der Waals surface area (Å²) >= 11 is 0. The fourth-order valence-electron chi connectivity index (χ4n) is 2.29. The number of hydrogen-bond donors (Lipinski definition) is 2. The molecule has 1 aliphatic heterocycles. The number of nitrogens with zero attached hydrogens (tertiary/aromatic N) is 3. The fraction of sp³-hybridized carbons (Fsp3) is 0.692. The average Bonchev–Trinajstić information content (AvgIpc) is 2.39. The van der Waals surface area contributed by atoms with Gasteiger partial charge < -0.3 is 15.3 Å². The van der Waals surface area contributed by atoms with Crippen LogP contribution in [0.3, 0.4) is 0 Å². The van der Waals surface area contributed by atoms with E-state index < -0.39 is 0 Å². The van der Waals surface area contributed by atoms with Crippen LogP contribution in [-0.2, 0) is 0 Å². The highest BCUT2D eigenvalue weighted by Gasteiger charge is 2.18. The summed E-state index contributed by atoms with van der Waals surface area (Å²) in [7, 11) is 0. The molecule has 2 atom stereocenters. The number of aromatic nitrogens is 2. The highest BCUT2D eigenvalue weighted by Crippen LogP contribution is 2.22. The lowest BCUT2D eigenvalue weighted by atomic mass is 10.0. The molecule has 1 saturated heterocycles. The minimum absolute atomic E-state index is 0.00743. The van der Waals surface area contributed by atoms with Gasteiger partial charge in [-0.2, -0.15) is 0 Å². The van der Waals surface area contributed by atoms with Gasteiger partial charge in [-0.15, -0.1) is 0 Å². The van der Waals surface area contributed by atoms with Gasteiger partial charge in [-0.25, -0.2) is 9.97 Å². The first kappa shape index (κ1) is 13.1. The normalized spacial score (nSPS) is 21.7. The third-order valence-corrected chi connectivity index (χ3v) is 3.30. The van der Waals surface area contributed by atoms with E-state index in [0.29, 0.717) is 0 Å². The minimum atomic E-state index is 0.00743. The SMILES string of the molecule is C[C@H]1CCCN(c2cc(N[C@@H](C)CO)ncn2)C1. The summed E-state index contributed by atoms with van der Waals surface area (Å²) in [5.41, 5.74) is 0. The standard InChI is InChI=1S/C13H22N4O/c1-10-4-3-5-17(7-10)13-6-12(14-9-15-13)16-11(2)8-18/h6,9-11,18H,3-5,7-8H2,1-2H3,(H,14,15,16)/t10-,11-/m0/s1. The Balaban J connectivity index is 2.06. The summed E-state index contributed by atoms with van der Waals surface area (Å²) in [6.45, 7) is 6.42. The van der Waals surface area contributed by atoms with Gasteiger partial charge in [-0.1, -0.05) is 6.92 Å². The highest BCUT2D eigenvalue weighted by molar-refractivity contribution is 5.49. The lowest BCUT2D eigenvalue weighted by Gasteiger charge is -2.31. The van der Waals surface area contributed by atoms with E-state index in [2.05, 4.69) is 27.1 Å². The van der Waals surface area contributed by atoms with Crippen molar-refractivity contribution in [1.29, 1.82) is 0 Å². The molecule has 0 saturated carbocycles. The number of piperidine rings is 1. The molecule has 100 valence electrons. The Bertz CT molecular complexity index is 385. The number of hydrogen-bond acceptors (Lipinski definition) is 5. The van der Waals surface area contributed by atoms with Gasteiger partial charge in [0.2, 0.25) is 0 Å². The first-order valence-corrected chi connectivity index (χ1v) is 6.63. The van der Waals surface area contributed by atoms with Crippen molar-refractivity contribution in [2.45, 2.75) is 32.7 Å². The molecule has 2 rings (SSSR count). The fourth-order valence-corrected chi connectivity index (χ4v) is 2.29. The zero-order chi connectivity index (χ0) is 13.0. The number of aliphatic hydroxyl groups is 1. The van der Waals surface area contributed by atoms with Gasteiger partial charge >= 0.3 is 0 Å². The zero-order valence-electron chi connectivity index (χ0n) is 11.1. The van der Waals surface area contributed by atoms with Gasteiger partial charge in [0.1, 0.15) is 18.0 Å². The maximum atomic E-state index is 9.03. The maximum absolute atomic E-state index is 9.03. The van der Waals surface area contributed by atoms with Crippen LogP contribution in [0.1, 0.15) is 26.7 Å². The van der Waals surface area contributed by atoms with Gasteiger partial charge in [-0.3, -0.25) is 0 Å². The highest BCUT2D eigenvalue weighted by atomic mass is 16.3. The molecule has 1 aromatic heterocycles. The summed E-state index contributed by atoms with van der Waals surface area (Å²) in [5, 5.41) is 12.2. The first-order chi connectivity index (χ1) is 8.69. The van der Waals surface area contributed by atoms with Crippen LogP contribution < -0.4 is 10.2 Å². The third kappa shape index (κ3) is 3.32. The molecule has 0 amide bonds. The van der Waals surface area contributed by atoms with Crippen molar-refractivity contribution in [3.05, 3.63) is 12.4 Å². The Kier molecular flexibility index (Phi) is 4.36. The van der Waals surface area contributed by atoms with E-state index in [4.69, 9.17) is 5.11 Å². The molecular formula is C13H22N4O. The molecule has 0 radical (unpaired) electrons. The minimum Gasteiger partial charge on any atom is -0.394 e. The molecule has 5 nitrogen and oxygen atoms in total. The van der Waals surface area contributed by atoms with Crippen molar-refractivity contribution in [3.8, 4) is 0 Å². The topological polar surface area (TPSA) is 61.3 Å². The number of aliphatic hydroxyl groups excluding tert-OH is 1. The Morgan fingerprint density at radius 2 is 2.39 bits per heavy atom. The molecular weight excluding hydrogens is 228 g/mol. The summed E-state index contributed by atoms with van der Waals surface area (Å²) in [6, 6.07) is 1.97. The van der Waals surface area contributed by atoms with Gasteiger partial charge in [0.05, 0.1) is 6.61 Å². The van der Waals surface area contributed by atoms with E-state index in [0.717, 1.165) is 30.6 Å². The zero-order valence-corrected chi connectivity index (χ0v) is 11.1. The summed E-state index contributed by atoms with van der Waals surface area (Å²) in [5.74, 6) is 2.48. The van der Waals surface area contributed by atoms with Crippen molar-refractivity contribution < 1.29 is 5.11 Å². The first-order valence-electron chi connectivity index (χ1n) is 6.63. The summed E-state index contributed by atoms with van der Waals surface area (Å²) < 4.78 is 0. The molecule has 0 spiro atoms. The number of rotatable bonds is 4. The quantitative estimate of drug-likeness (QED) is 0.848. The molecule has 18 heavy (non-hydrogen) atoms. The molecule has 5 heteroatoms. The molecule has 1 fully saturated rings. The molecule has 0 aliphatic carbocycles. The second kappa shape index (κ2) is 6.00. The van der Waals surface area contributed by atoms with Crippen molar-refractivity contribution in [2.75, 3.05) is 29.9 Å². The molecule has 0 bridgehead atoms. The van der Waals surface area contributed by atoms with E-state index in [1.165, 1.54) is 12.8 Å². The smallest absolute Gasteiger partial charge is 0.134 e. The number of nitrogens with one attached hydrogen (secondary N) is 1. The lowest BCUT2D eigenvalue weighted by Crippen LogP contribution is -2.35. The van der Waals surface area contributed by atoms with Crippen LogP contribution in [0, 0.1) is 5.92 Å².